The van der Waals surface area contributed by atoms with Crippen LogP contribution in [-0.2, 0) is 104 Å². The van der Waals surface area contributed by atoms with Gasteiger partial charge in [-0.25, -0.2) is 41.8 Å². The summed E-state index contributed by atoms with van der Waals surface area (Å²) in [6, 6.07) is 15.9. The molecule has 6 atom stereocenters. The Balaban J connectivity index is 0.597. The smallest absolute Gasteiger partial charge is 0.355 e. The molecule has 0 spiro atoms. The van der Waals surface area contributed by atoms with E-state index in [1.807, 2.05) is 6.92 Å². The number of rotatable bonds is 37. The molecule has 7 aromatic rings. The zero-order valence-corrected chi connectivity index (χ0v) is 66.2. The van der Waals surface area contributed by atoms with Crippen molar-refractivity contribution >= 4 is 109 Å². The first-order valence-corrected chi connectivity index (χ1v) is 40.1. The number of nitrogens with one attached hydrogen (secondary N) is 10. The summed E-state index contributed by atoms with van der Waals surface area (Å²) in [7, 11) is -4.20. The van der Waals surface area contributed by atoms with E-state index in [9.17, 15) is 76.2 Å². The predicted octanol–water partition coefficient (Wildman–Crippen LogP) is 6.84. The van der Waals surface area contributed by atoms with Gasteiger partial charge < -0.3 is 91.2 Å². The Hall–Kier alpha value is -12.5. The molecule has 4 aliphatic rings. The summed E-state index contributed by atoms with van der Waals surface area (Å²) in [6.07, 6.45) is 3.25. The number of hydrogen-bond acceptors (Lipinski definition) is 21. The molecule has 118 heavy (non-hydrogen) atoms. The maximum atomic E-state index is 15.8. The van der Waals surface area contributed by atoms with Gasteiger partial charge in [0.25, 0.3) is 15.6 Å². The lowest BCUT2D eigenvalue weighted by molar-refractivity contribution is -0.191. The van der Waals surface area contributed by atoms with Crippen LogP contribution in [0.25, 0.3) is 22.3 Å². The highest BCUT2D eigenvalue weighted by atomic mass is 32.2. The minimum atomic E-state index is -4.20. The Bertz CT molecular complexity index is 5170. The number of carbonyl (C=O) groups is 11. The number of urea groups is 3. The minimum Gasteiger partial charge on any atom is -0.481 e. The molecule has 0 bridgehead atoms. The molecule has 626 valence electrons. The summed E-state index contributed by atoms with van der Waals surface area (Å²) in [5.74, 6) is -8.61. The van der Waals surface area contributed by atoms with E-state index in [2.05, 4.69) is 57.6 Å². The molecular formula is C81H93FN14O21S. The lowest BCUT2D eigenvalue weighted by Crippen LogP contribution is -2.57. The number of ether oxygens (including phenoxy) is 5. The van der Waals surface area contributed by atoms with E-state index in [1.54, 1.807) is 58.3 Å². The number of esters is 2. The maximum absolute atomic E-state index is 15.8. The number of aryl methyl sites for hydroxylation is 1. The van der Waals surface area contributed by atoms with Gasteiger partial charge in [0.15, 0.2) is 0 Å². The largest absolute Gasteiger partial charge is 0.481 e. The number of carboxylic acid groups (broad SMARTS) is 2. The molecule has 37 heteroatoms. The van der Waals surface area contributed by atoms with Gasteiger partial charge in [0, 0.05) is 83.8 Å². The zero-order chi connectivity index (χ0) is 84.5. The van der Waals surface area contributed by atoms with Crippen molar-refractivity contribution in [3.63, 3.8) is 0 Å². The van der Waals surface area contributed by atoms with Crippen molar-refractivity contribution in [1.29, 1.82) is 0 Å². The second-order valence-corrected chi connectivity index (χ2v) is 30.6. The number of hydrogen-bond donors (Lipinski definition) is 12. The molecule has 10 amide bonds. The summed E-state index contributed by atoms with van der Waals surface area (Å²) >= 11 is 0. The maximum Gasteiger partial charge on any atom is 0.355 e. The number of cyclic esters (lactones) is 1. The number of halogens is 1. The summed E-state index contributed by atoms with van der Waals surface area (Å²) in [5, 5.41) is 44.3. The Morgan fingerprint density at radius 3 is 2.06 bits per heavy atom. The Morgan fingerprint density at radius 1 is 0.712 bits per heavy atom. The SMILES string of the molecule is CCCNC(=O)Nc1cccc(S(=O)(=O)Nc2cccc([C@@H](CC(=O)O)NC(=O)Nc3ccc(NC(=O)NCCOCCOCCOCCC(=O)N[C@@H](CC(=O)O)C(=O)N4CCC[C@H]4C(=O)N[C@H](C(=O)O[C@]4(CC)C(=O)OCc5c4cc4n(c5=O)Cc5c-4nc4cc(F)c(C)c6c4c5[C@@H](NC(=O)Cc4ccncc4)CC6)C(C)C)cc3)c2)c1. The van der Waals surface area contributed by atoms with E-state index in [4.69, 9.17) is 28.7 Å². The molecular weight excluding hydrogens is 1560 g/mol. The Morgan fingerprint density at radius 2 is 1.37 bits per heavy atom. The van der Waals surface area contributed by atoms with Gasteiger partial charge >= 0.3 is 42.0 Å². The molecule has 6 heterocycles. The lowest BCUT2D eigenvalue weighted by Gasteiger charge is -2.37. The molecule has 1 aliphatic carbocycles. The third-order valence-electron chi connectivity index (χ3n) is 20.5. The van der Waals surface area contributed by atoms with Crippen LogP contribution >= 0.6 is 0 Å². The zero-order valence-electron chi connectivity index (χ0n) is 65.4. The fourth-order valence-electron chi connectivity index (χ4n) is 14.6. The van der Waals surface area contributed by atoms with Crippen LogP contribution in [0.1, 0.15) is 136 Å². The van der Waals surface area contributed by atoms with Crippen LogP contribution < -0.4 is 58.1 Å². The number of anilines is 4. The van der Waals surface area contributed by atoms with E-state index < -0.39 is 142 Å². The quantitative estimate of drug-likeness (QED) is 0.0140. The van der Waals surface area contributed by atoms with Gasteiger partial charge in [-0.15, -0.1) is 0 Å². The fraction of sp³-hybridized carbons (Fsp3) is 0.407. The van der Waals surface area contributed by atoms with Crippen molar-refractivity contribution < 1.29 is 99.4 Å². The van der Waals surface area contributed by atoms with Gasteiger partial charge in [0.1, 0.15) is 30.5 Å². The van der Waals surface area contributed by atoms with Crippen LogP contribution in [0.4, 0.5) is 41.5 Å². The summed E-state index contributed by atoms with van der Waals surface area (Å²) in [5.41, 5.74) is 2.49. The first-order chi connectivity index (χ1) is 56.5. The van der Waals surface area contributed by atoms with Crippen molar-refractivity contribution in [3.05, 3.63) is 170 Å². The molecule has 35 nitrogen and oxygen atoms in total. The summed E-state index contributed by atoms with van der Waals surface area (Å²) < 4.78 is 74.9. The summed E-state index contributed by atoms with van der Waals surface area (Å²) in [4.78, 5) is 171. The van der Waals surface area contributed by atoms with Gasteiger partial charge in [0.05, 0.1) is 105 Å². The molecule has 3 aromatic heterocycles. The number of benzene rings is 4. The number of aliphatic carboxylic acids is 2. The van der Waals surface area contributed by atoms with Gasteiger partial charge in [-0.2, -0.15) is 0 Å². The van der Waals surface area contributed by atoms with E-state index >= 15 is 4.39 Å². The number of aromatic nitrogens is 3. The number of nitrogens with zero attached hydrogens (tertiary/aromatic N) is 4. The normalized spacial score (nSPS) is 16.5. The Labute approximate surface area is 677 Å². The standard InChI is InChI=1S/C81H93FN14O21S/c1-6-25-84-78(108)88-51-12-9-14-53(38-51)118(111,112)94-52-13-8-11-48(37-52)60(41-67(99)100)92-80(110)87-50-18-16-49(17-19-50)86-79(109)85-28-31-114-33-35-115-34-32-113-30-24-65(97)90-62(42-68(101)102)75(105)95-29-10-15-63(95)73(103)93-71(45(3)4)76(106)117-81(7-2)57-39-64-72-55(43-96(64)74(104)56(57)44-116-77(81)107)70-59(89-66(98)36-47-22-26-83-27-23-47)21-20-54-46(5)58(82)40-61(91-72)69(54)70/h8-9,11-14,16-19,22-23,26-27,37-40,45,59-60,62-63,71,94H,6-7,10,15,20-21,24-25,28-36,41-44H2,1-5H3,(H,89,98)(H,90,97)(H,93,103)(H,99,100)(H,101,102)(H2,84,88,108)(H2,85,86,109)(H2,87,92,110)/t59-,60+,62-,63-,71-,81-/m0/s1. The average Bonchev–Trinajstić information content (AvgIpc) is 1.49. The monoisotopic (exact) mass is 1650 g/mol. The number of amides is 10. The third-order valence-corrected chi connectivity index (χ3v) is 21.8. The molecule has 0 unspecified atom stereocenters. The van der Waals surface area contributed by atoms with Crippen molar-refractivity contribution in [3.8, 4) is 11.4 Å². The molecule has 0 saturated carbocycles. The van der Waals surface area contributed by atoms with Crippen LogP contribution in [0.15, 0.2) is 119 Å². The number of likely N-dealkylation sites (tertiary alicyclic amines) is 1. The van der Waals surface area contributed by atoms with Gasteiger partial charge in [-0.1, -0.05) is 45.9 Å². The van der Waals surface area contributed by atoms with E-state index in [1.165, 1.54) is 83.4 Å². The molecule has 11 rings (SSSR count). The second kappa shape index (κ2) is 39.0. The van der Waals surface area contributed by atoms with E-state index in [-0.39, 0.29) is 135 Å². The second-order valence-electron chi connectivity index (χ2n) is 29.0. The number of carboxylic acids is 2. The first-order valence-electron chi connectivity index (χ1n) is 38.6. The van der Waals surface area contributed by atoms with Crippen molar-refractivity contribution in [1.82, 2.24) is 51.3 Å². The molecule has 1 saturated heterocycles. The van der Waals surface area contributed by atoms with E-state index in [0.717, 1.165) is 16.0 Å². The number of pyridine rings is 3. The van der Waals surface area contributed by atoms with Crippen LogP contribution in [0.5, 0.6) is 0 Å². The predicted molar refractivity (Wildman–Crippen MR) is 425 cm³/mol. The van der Waals surface area contributed by atoms with Gasteiger partial charge in [-0.3, -0.25) is 43.3 Å². The first kappa shape index (κ1) is 86.4. The van der Waals surface area contributed by atoms with Gasteiger partial charge in [-0.05, 0) is 152 Å². The summed E-state index contributed by atoms with van der Waals surface area (Å²) in [6.45, 7) is 8.77. The van der Waals surface area contributed by atoms with Crippen molar-refractivity contribution in [2.24, 2.45) is 5.92 Å². The number of carbonyl (C=O) groups excluding carboxylic acids is 9. The average molecular weight is 1650 g/mol. The minimum absolute atomic E-state index is 0.00265. The van der Waals surface area contributed by atoms with Crippen LogP contribution in [-0.4, -0.2) is 181 Å². The number of sulfonamides is 1. The van der Waals surface area contributed by atoms with Gasteiger partial charge in [0.2, 0.25) is 29.2 Å². The fourth-order valence-corrected chi connectivity index (χ4v) is 15.7. The Kier molecular flexibility index (Phi) is 28.5. The highest BCUT2D eigenvalue weighted by Gasteiger charge is 2.52. The van der Waals surface area contributed by atoms with Crippen LogP contribution in [0.2, 0.25) is 0 Å². The molecule has 12 N–H and O–H groups in total. The van der Waals surface area contributed by atoms with Crippen LogP contribution in [0, 0.1) is 18.7 Å². The lowest BCUT2D eigenvalue weighted by atomic mass is 9.81. The highest BCUT2D eigenvalue weighted by Crippen LogP contribution is 2.47. The van der Waals surface area contributed by atoms with Crippen LogP contribution in [0.3, 0.4) is 0 Å². The topological polar surface area (TPSA) is 480 Å². The molecule has 0 radical (unpaired) electrons. The van der Waals surface area contributed by atoms with Crippen molar-refractivity contribution in [2.45, 2.75) is 153 Å². The molecule has 3 aliphatic heterocycles. The molecule has 4 aromatic carbocycles. The van der Waals surface area contributed by atoms with Crippen molar-refractivity contribution in [2.75, 3.05) is 79.9 Å². The number of fused-ring (bicyclic) bond motifs is 5. The van der Waals surface area contributed by atoms with E-state index in [0.29, 0.717) is 71.2 Å². The molecule has 1 fully saturated rings. The highest BCUT2D eigenvalue weighted by molar-refractivity contribution is 7.92. The third kappa shape index (κ3) is 21.0.